The van der Waals surface area contributed by atoms with Gasteiger partial charge in [0.15, 0.2) is 11.5 Å². The van der Waals surface area contributed by atoms with E-state index < -0.39 is 0 Å². The third-order valence-electron chi connectivity index (χ3n) is 3.72. The summed E-state index contributed by atoms with van der Waals surface area (Å²) in [5.41, 5.74) is 6.61. The number of nitrogen functional groups attached to an aromatic ring is 1. The lowest BCUT2D eigenvalue weighted by Crippen LogP contribution is -2.36. The van der Waals surface area contributed by atoms with Crippen LogP contribution in [0, 0.1) is 5.92 Å². The topological polar surface area (TPSA) is 79.7 Å². The lowest BCUT2D eigenvalue weighted by atomic mass is 10.0. The van der Waals surface area contributed by atoms with Gasteiger partial charge in [0, 0.05) is 18.9 Å². The second-order valence-corrected chi connectivity index (χ2v) is 4.86. The molecule has 3 N–H and O–H groups in total. The Balaban J connectivity index is 2.11. The summed E-state index contributed by atoms with van der Waals surface area (Å²) < 4.78 is 1.87. The van der Waals surface area contributed by atoms with Gasteiger partial charge in [-0.05, 0) is 12.3 Å². The molecule has 3 heterocycles. The molecule has 1 saturated heterocycles. The minimum absolute atomic E-state index is 0.0970. The molecule has 0 spiro atoms. The number of rotatable bonds is 2. The van der Waals surface area contributed by atoms with Gasteiger partial charge in [0.25, 0.3) is 0 Å². The third kappa shape index (κ3) is 1.60. The first-order chi connectivity index (χ1) is 8.70. The van der Waals surface area contributed by atoms with Crippen LogP contribution in [-0.4, -0.2) is 38.7 Å². The fraction of sp³-hybridized carbons (Fsp3) is 0.500. The number of hydrogen-bond donors (Lipinski definition) is 2. The van der Waals surface area contributed by atoms with Crippen molar-refractivity contribution in [3.63, 3.8) is 0 Å². The summed E-state index contributed by atoms with van der Waals surface area (Å²) in [6.07, 6.45) is 6.38. The Labute approximate surface area is 105 Å². The van der Waals surface area contributed by atoms with Crippen LogP contribution in [0.1, 0.15) is 13.3 Å². The summed E-state index contributed by atoms with van der Waals surface area (Å²) >= 11 is 0. The standard InChI is InChI=1S/C12H17N5O/c1-8-2-4-17(9(8)7-18)12-11-14-3-5-16(11)6-10(13)15-12/h3,5-6,8-9,18H,2,4,7,13H2,1H3. The van der Waals surface area contributed by atoms with Crippen molar-refractivity contribution in [1.29, 1.82) is 0 Å². The summed E-state index contributed by atoms with van der Waals surface area (Å²) in [5.74, 6) is 1.68. The molecular weight excluding hydrogens is 230 g/mol. The van der Waals surface area contributed by atoms with Crippen molar-refractivity contribution >= 4 is 17.3 Å². The molecule has 2 unspecified atom stereocenters. The average molecular weight is 247 g/mol. The number of hydrogen-bond acceptors (Lipinski definition) is 5. The molecule has 6 nitrogen and oxygen atoms in total. The molecule has 0 aromatic carbocycles. The van der Waals surface area contributed by atoms with Gasteiger partial charge in [-0.25, -0.2) is 9.97 Å². The van der Waals surface area contributed by atoms with E-state index in [1.165, 1.54) is 0 Å². The molecule has 1 aliphatic heterocycles. The number of aromatic nitrogens is 3. The highest BCUT2D eigenvalue weighted by Crippen LogP contribution is 2.30. The SMILES string of the molecule is CC1CCN(c2nc(N)cn3ccnc23)C1CO. The molecule has 1 fully saturated rings. The Hall–Kier alpha value is -1.82. The van der Waals surface area contributed by atoms with Crippen molar-refractivity contribution in [3.05, 3.63) is 18.6 Å². The van der Waals surface area contributed by atoms with E-state index in [0.717, 1.165) is 24.4 Å². The van der Waals surface area contributed by atoms with Crippen molar-refractivity contribution in [3.8, 4) is 0 Å². The molecule has 0 radical (unpaired) electrons. The van der Waals surface area contributed by atoms with E-state index >= 15 is 0 Å². The largest absolute Gasteiger partial charge is 0.394 e. The molecule has 3 rings (SSSR count). The molecule has 0 aliphatic carbocycles. The van der Waals surface area contributed by atoms with Crippen LogP contribution in [0.3, 0.4) is 0 Å². The smallest absolute Gasteiger partial charge is 0.180 e. The number of nitrogens with zero attached hydrogens (tertiary/aromatic N) is 4. The molecule has 96 valence electrons. The normalized spacial score (nSPS) is 24.0. The molecular formula is C12H17N5O. The highest BCUT2D eigenvalue weighted by atomic mass is 16.3. The molecule has 2 aromatic rings. The van der Waals surface area contributed by atoms with Crippen LogP contribution in [0.15, 0.2) is 18.6 Å². The maximum absolute atomic E-state index is 9.53. The number of fused-ring (bicyclic) bond motifs is 1. The quantitative estimate of drug-likeness (QED) is 0.808. The van der Waals surface area contributed by atoms with Crippen LogP contribution in [0.4, 0.5) is 11.6 Å². The van der Waals surface area contributed by atoms with Crippen molar-refractivity contribution in [2.45, 2.75) is 19.4 Å². The van der Waals surface area contributed by atoms with E-state index in [9.17, 15) is 5.11 Å². The summed E-state index contributed by atoms with van der Waals surface area (Å²) in [6, 6.07) is 0.0970. The lowest BCUT2D eigenvalue weighted by molar-refractivity contribution is 0.244. The number of nitrogens with two attached hydrogens (primary N) is 1. The average Bonchev–Trinajstić information content (AvgIpc) is 2.93. The predicted molar refractivity (Wildman–Crippen MR) is 69.4 cm³/mol. The van der Waals surface area contributed by atoms with Crippen LogP contribution in [0.2, 0.25) is 0 Å². The monoisotopic (exact) mass is 247 g/mol. The van der Waals surface area contributed by atoms with Gasteiger partial charge in [-0.15, -0.1) is 0 Å². The zero-order chi connectivity index (χ0) is 12.7. The number of aliphatic hydroxyl groups excluding tert-OH is 1. The summed E-state index contributed by atoms with van der Waals surface area (Å²) in [5, 5.41) is 9.53. The maximum Gasteiger partial charge on any atom is 0.180 e. The highest BCUT2D eigenvalue weighted by Gasteiger charge is 2.32. The first-order valence-corrected chi connectivity index (χ1v) is 6.17. The zero-order valence-electron chi connectivity index (χ0n) is 10.3. The summed E-state index contributed by atoms with van der Waals surface area (Å²) in [7, 11) is 0. The molecule has 0 amide bonds. The second-order valence-electron chi connectivity index (χ2n) is 4.86. The molecule has 1 aliphatic rings. The van der Waals surface area contributed by atoms with Gasteiger partial charge in [-0.1, -0.05) is 6.92 Å². The molecule has 0 bridgehead atoms. The molecule has 0 saturated carbocycles. The Bertz CT molecular complexity index is 567. The zero-order valence-corrected chi connectivity index (χ0v) is 10.3. The molecule has 18 heavy (non-hydrogen) atoms. The van der Waals surface area contributed by atoms with Crippen molar-refractivity contribution in [2.75, 3.05) is 23.8 Å². The van der Waals surface area contributed by atoms with Gasteiger partial charge >= 0.3 is 0 Å². The minimum Gasteiger partial charge on any atom is -0.394 e. The number of anilines is 2. The Kier molecular flexibility index (Phi) is 2.59. The predicted octanol–water partition coefficient (Wildman–Crippen LogP) is 0.519. The van der Waals surface area contributed by atoms with E-state index in [2.05, 4.69) is 21.8 Å². The van der Waals surface area contributed by atoms with Crippen LogP contribution < -0.4 is 10.6 Å². The first-order valence-electron chi connectivity index (χ1n) is 6.17. The van der Waals surface area contributed by atoms with Gasteiger partial charge in [-0.2, -0.15) is 0 Å². The van der Waals surface area contributed by atoms with Gasteiger partial charge in [0.2, 0.25) is 0 Å². The van der Waals surface area contributed by atoms with E-state index in [4.69, 9.17) is 5.73 Å². The fourth-order valence-corrected chi connectivity index (χ4v) is 2.68. The number of aliphatic hydroxyl groups is 1. The van der Waals surface area contributed by atoms with E-state index in [-0.39, 0.29) is 12.6 Å². The van der Waals surface area contributed by atoms with Crippen LogP contribution in [0.25, 0.3) is 5.65 Å². The van der Waals surface area contributed by atoms with E-state index in [0.29, 0.717) is 11.7 Å². The van der Waals surface area contributed by atoms with Crippen molar-refractivity contribution in [1.82, 2.24) is 14.4 Å². The van der Waals surface area contributed by atoms with E-state index in [1.54, 1.807) is 12.4 Å². The second kappa shape index (κ2) is 4.13. The van der Waals surface area contributed by atoms with E-state index in [1.807, 2.05) is 10.6 Å². The lowest BCUT2D eigenvalue weighted by Gasteiger charge is -2.26. The minimum atomic E-state index is 0.0970. The molecule has 2 aromatic heterocycles. The van der Waals surface area contributed by atoms with Gasteiger partial charge in [0.05, 0.1) is 18.8 Å². The Morgan fingerprint density at radius 3 is 3.17 bits per heavy atom. The van der Waals surface area contributed by atoms with Crippen molar-refractivity contribution < 1.29 is 5.11 Å². The summed E-state index contributed by atoms with van der Waals surface area (Å²) in [4.78, 5) is 10.8. The Morgan fingerprint density at radius 2 is 2.39 bits per heavy atom. The highest BCUT2D eigenvalue weighted by molar-refractivity contribution is 5.67. The van der Waals surface area contributed by atoms with Crippen LogP contribution in [0.5, 0.6) is 0 Å². The van der Waals surface area contributed by atoms with Crippen LogP contribution in [-0.2, 0) is 0 Å². The molecule has 2 atom stereocenters. The summed E-state index contributed by atoms with van der Waals surface area (Å²) in [6.45, 7) is 3.16. The first kappa shape index (κ1) is 11.3. The van der Waals surface area contributed by atoms with Gasteiger partial charge in [-0.3, -0.25) is 0 Å². The third-order valence-corrected chi connectivity index (χ3v) is 3.72. The van der Waals surface area contributed by atoms with Crippen molar-refractivity contribution in [2.24, 2.45) is 5.92 Å². The van der Waals surface area contributed by atoms with Gasteiger partial charge in [0.1, 0.15) is 5.82 Å². The number of imidazole rings is 1. The van der Waals surface area contributed by atoms with Gasteiger partial charge < -0.3 is 20.1 Å². The Morgan fingerprint density at radius 1 is 1.56 bits per heavy atom. The molecule has 6 heteroatoms. The maximum atomic E-state index is 9.53. The van der Waals surface area contributed by atoms with Crippen LogP contribution >= 0.6 is 0 Å². The fourth-order valence-electron chi connectivity index (χ4n) is 2.68.